The molecule has 1 aliphatic carbocycles. The molecule has 0 spiro atoms. The Labute approximate surface area is 184 Å². The summed E-state index contributed by atoms with van der Waals surface area (Å²) in [7, 11) is 1.29. The van der Waals surface area contributed by atoms with Crippen molar-refractivity contribution in [1.82, 2.24) is 0 Å². The van der Waals surface area contributed by atoms with Crippen LogP contribution in [0.25, 0.3) is 21.6 Å². The summed E-state index contributed by atoms with van der Waals surface area (Å²) in [5, 5.41) is 6.21. The average Bonchev–Trinajstić information content (AvgIpc) is 3.11. The van der Waals surface area contributed by atoms with Gasteiger partial charge in [0.1, 0.15) is 6.61 Å². The first-order valence-electron chi connectivity index (χ1n) is 9.97. The SMILES string of the molecule is COC(=O)Cc1cc(N=[N+]=[N-])cc(NC(=O)OCC2c3ccccc3-c3ccccc32)c1. The Hall–Kier alpha value is -4.29. The van der Waals surface area contributed by atoms with Gasteiger partial charge in [0.25, 0.3) is 0 Å². The van der Waals surface area contributed by atoms with E-state index in [-0.39, 0.29) is 24.6 Å². The molecule has 1 N–H and O–H groups in total. The maximum Gasteiger partial charge on any atom is 0.411 e. The number of hydrogen-bond acceptors (Lipinski definition) is 5. The number of methoxy groups -OCH3 is 1. The highest BCUT2D eigenvalue weighted by Crippen LogP contribution is 2.44. The van der Waals surface area contributed by atoms with E-state index in [0.29, 0.717) is 11.3 Å². The van der Waals surface area contributed by atoms with Crippen LogP contribution in [0.15, 0.2) is 71.8 Å². The maximum atomic E-state index is 12.5. The van der Waals surface area contributed by atoms with E-state index in [1.54, 1.807) is 12.1 Å². The number of benzene rings is 3. The first-order valence-corrected chi connectivity index (χ1v) is 9.97. The van der Waals surface area contributed by atoms with Crippen LogP contribution in [0.4, 0.5) is 16.2 Å². The molecule has 3 aromatic rings. The Kier molecular flexibility index (Phi) is 6.05. The number of rotatable bonds is 6. The molecule has 1 aliphatic rings. The molecule has 0 aromatic heterocycles. The Bertz CT molecular complexity index is 1190. The van der Waals surface area contributed by atoms with Gasteiger partial charge in [-0.1, -0.05) is 53.6 Å². The Morgan fingerprint density at radius 3 is 2.31 bits per heavy atom. The van der Waals surface area contributed by atoms with Crippen LogP contribution in [0.3, 0.4) is 0 Å². The van der Waals surface area contributed by atoms with Crippen molar-refractivity contribution >= 4 is 23.4 Å². The predicted octanol–water partition coefficient (Wildman–Crippen LogP) is 5.70. The second-order valence-electron chi connectivity index (χ2n) is 7.28. The van der Waals surface area contributed by atoms with Gasteiger partial charge in [-0.05, 0) is 51.5 Å². The molecule has 4 rings (SSSR count). The molecule has 8 nitrogen and oxygen atoms in total. The lowest BCUT2D eigenvalue weighted by molar-refractivity contribution is -0.139. The number of amides is 1. The van der Waals surface area contributed by atoms with Crippen molar-refractivity contribution in [2.24, 2.45) is 5.11 Å². The Balaban J connectivity index is 1.49. The number of ether oxygens (including phenoxy) is 2. The molecule has 0 saturated heterocycles. The second kappa shape index (κ2) is 9.24. The first-order chi connectivity index (χ1) is 15.6. The summed E-state index contributed by atoms with van der Waals surface area (Å²) in [5.41, 5.74) is 14.4. The molecular weight excluding hydrogens is 408 g/mol. The largest absolute Gasteiger partial charge is 0.469 e. The van der Waals surface area contributed by atoms with E-state index in [4.69, 9.17) is 10.3 Å². The lowest BCUT2D eigenvalue weighted by Crippen LogP contribution is -2.18. The van der Waals surface area contributed by atoms with Gasteiger partial charge >= 0.3 is 12.1 Å². The van der Waals surface area contributed by atoms with Crippen LogP contribution in [-0.2, 0) is 20.7 Å². The maximum absolute atomic E-state index is 12.5. The van der Waals surface area contributed by atoms with Crippen molar-refractivity contribution < 1.29 is 19.1 Å². The van der Waals surface area contributed by atoms with E-state index in [1.807, 2.05) is 36.4 Å². The van der Waals surface area contributed by atoms with Gasteiger partial charge in [-0.2, -0.15) is 0 Å². The fourth-order valence-electron chi connectivity index (χ4n) is 3.95. The number of azide groups is 1. The molecule has 8 heteroatoms. The van der Waals surface area contributed by atoms with E-state index >= 15 is 0 Å². The summed E-state index contributed by atoms with van der Waals surface area (Å²) in [5.74, 6) is -0.507. The minimum absolute atomic E-state index is 0.0232. The fraction of sp³-hybridized carbons (Fsp3) is 0.167. The van der Waals surface area contributed by atoms with Crippen molar-refractivity contribution in [2.45, 2.75) is 12.3 Å². The van der Waals surface area contributed by atoms with Crippen molar-refractivity contribution in [3.63, 3.8) is 0 Å². The third-order valence-corrected chi connectivity index (χ3v) is 5.30. The molecule has 0 radical (unpaired) electrons. The average molecular weight is 428 g/mol. The molecule has 1 amide bonds. The van der Waals surface area contributed by atoms with Crippen molar-refractivity contribution in [3.8, 4) is 11.1 Å². The lowest BCUT2D eigenvalue weighted by Gasteiger charge is -2.15. The molecular formula is C24H20N4O4. The van der Waals surface area contributed by atoms with Gasteiger partial charge in [0.05, 0.1) is 13.5 Å². The Morgan fingerprint density at radius 2 is 1.69 bits per heavy atom. The fourth-order valence-corrected chi connectivity index (χ4v) is 3.95. The second-order valence-corrected chi connectivity index (χ2v) is 7.28. The highest BCUT2D eigenvalue weighted by molar-refractivity contribution is 5.86. The number of hydrogen-bond donors (Lipinski definition) is 1. The summed E-state index contributed by atoms with van der Waals surface area (Å²) in [4.78, 5) is 26.9. The third-order valence-electron chi connectivity index (χ3n) is 5.30. The van der Waals surface area contributed by atoms with Gasteiger partial charge < -0.3 is 9.47 Å². The van der Waals surface area contributed by atoms with Crippen LogP contribution in [0.1, 0.15) is 22.6 Å². The van der Waals surface area contributed by atoms with Crippen molar-refractivity contribution in [1.29, 1.82) is 0 Å². The van der Waals surface area contributed by atoms with Gasteiger partial charge in [0, 0.05) is 22.2 Å². The van der Waals surface area contributed by atoms with Crippen LogP contribution < -0.4 is 5.32 Å². The van der Waals surface area contributed by atoms with Crippen LogP contribution in [0.2, 0.25) is 0 Å². The van der Waals surface area contributed by atoms with Crippen LogP contribution in [-0.4, -0.2) is 25.8 Å². The molecule has 0 aliphatic heterocycles. The quantitative estimate of drug-likeness (QED) is 0.235. The third kappa shape index (κ3) is 4.40. The highest BCUT2D eigenvalue weighted by Gasteiger charge is 2.29. The zero-order valence-corrected chi connectivity index (χ0v) is 17.3. The summed E-state index contributed by atoms with van der Waals surface area (Å²) in [6.07, 6.45) is -0.668. The topological polar surface area (TPSA) is 113 Å². The molecule has 0 heterocycles. The number of anilines is 1. The van der Waals surface area contributed by atoms with Gasteiger partial charge in [-0.15, -0.1) is 0 Å². The molecule has 0 bridgehead atoms. The number of carbonyl (C=O) groups excluding carboxylic acids is 2. The molecule has 32 heavy (non-hydrogen) atoms. The molecule has 0 unspecified atom stereocenters. The number of carbonyl (C=O) groups is 2. The van der Waals surface area contributed by atoms with E-state index in [0.717, 1.165) is 22.3 Å². The number of fused-ring (bicyclic) bond motifs is 3. The zero-order valence-electron chi connectivity index (χ0n) is 17.3. The summed E-state index contributed by atoms with van der Waals surface area (Å²) >= 11 is 0. The molecule has 0 fully saturated rings. The van der Waals surface area contributed by atoms with Crippen LogP contribution in [0.5, 0.6) is 0 Å². The van der Waals surface area contributed by atoms with Crippen LogP contribution in [0, 0.1) is 0 Å². The molecule has 160 valence electrons. The molecule has 0 saturated carbocycles. The van der Waals surface area contributed by atoms with Gasteiger partial charge in [0.2, 0.25) is 0 Å². The van der Waals surface area contributed by atoms with Crippen molar-refractivity contribution in [3.05, 3.63) is 93.9 Å². The zero-order chi connectivity index (χ0) is 22.5. The smallest absolute Gasteiger partial charge is 0.411 e. The number of nitrogens with zero attached hydrogens (tertiary/aromatic N) is 3. The van der Waals surface area contributed by atoms with E-state index in [1.165, 1.54) is 13.2 Å². The van der Waals surface area contributed by atoms with Gasteiger partial charge in [0.15, 0.2) is 0 Å². The highest BCUT2D eigenvalue weighted by atomic mass is 16.5. The predicted molar refractivity (Wildman–Crippen MR) is 120 cm³/mol. The molecule has 3 aromatic carbocycles. The summed E-state index contributed by atoms with van der Waals surface area (Å²) < 4.78 is 10.2. The van der Waals surface area contributed by atoms with E-state index in [9.17, 15) is 9.59 Å². The monoisotopic (exact) mass is 428 g/mol. The van der Waals surface area contributed by atoms with E-state index < -0.39 is 12.1 Å². The van der Waals surface area contributed by atoms with Gasteiger partial charge in [-0.25, -0.2) is 4.79 Å². The Morgan fingerprint density at radius 1 is 1.03 bits per heavy atom. The summed E-state index contributed by atoms with van der Waals surface area (Å²) in [6, 6.07) is 20.8. The lowest BCUT2D eigenvalue weighted by atomic mass is 9.98. The normalized spacial score (nSPS) is 11.7. The van der Waals surface area contributed by atoms with Crippen LogP contribution >= 0.6 is 0 Å². The molecule has 0 atom stereocenters. The van der Waals surface area contributed by atoms with Crippen molar-refractivity contribution in [2.75, 3.05) is 19.0 Å². The number of nitrogens with one attached hydrogen (secondary N) is 1. The minimum Gasteiger partial charge on any atom is -0.469 e. The minimum atomic E-state index is -0.644. The van der Waals surface area contributed by atoms with E-state index in [2.05, 4.69) is 32.2 Å². The standard InChI is InChI=1S/C24H20N4O4/c1-31-23(29)12-15-10-16(13-17(11-15)27-28-25)26-24(30)32-14-22-20-8-4-2-6-18(20)19-7-3-5-9-21(19)22/h2-11,13,22H,12,14H2,1H3,(H,26,30). The number of esters is 1. The summed E-state index contributed by atoms with van der Waals surface area (Å²) in [6.45, 7) is 0.172. The first kappa shape index (κ1) is 21.0. The van der Waals surface area contributed by atoms with Gasteiger partial charge in [-0.3, -0.25) is 10.1 Å².